The van der Waals surface area contributed by atoms with E-state index in [-0.39, 0.29) is 23.3 Å². The lowest BCUT2D eigenvalue weighted by Gasteiger charge is -2.55. The Balaban J connectivity index is 1.29. The van der Waals surface area contributed by atoms with Crippen LogP contribution in [-0.2, 0) is 9.59 Å². The Kier molecular flexibility index (Phi) is 5.12. The van der Waals surface area contributed by atoms with Gasteiger partial charge in [-0.15, -0.1) is 0 Å². The first-order valence-corrected chi connectivity index (χ1v) is 11.8. The van der Waals surface area contributed by atoms with Gasteiger partial charge < -0.3 is 15.1 Å². The highest BCUT2D eigenvalue weighted by molar-refractivity contribution is 5.90. The van der Waals surface area contributed by atoms with Crippen LogP contribution in [0.1, 0.15) is 57.1 Å². The highest BCUT2D eigenvalue weighted by Gasteiger charge is 2.55. The summed E-state index contributed by atoms with van der Waals surface area (Å²) in [6, 6.07) is 9.84. The number of rotatable bonds is 4. The van der Waals surface area contributed by atoms with Gasteiger partial charge >= 0.3 is 0 Å². The van der Waals surface area contributed by atoms with Crippen LogP contribution in [0.4, 0.5) is 0 Å². The monoisotopic (exact) mass is 409 g/mol. The molecule has 0 aromatic heterocycles. The Morgan fingerprint density at radius 3 is 2.20 bits per heavy atom. The second-order valence-electron chi connectivity index (χ2n) is 10.6. The standard InChI is InChI=1S/C25H35N3O2/c1-17(26-24(30)25-13-18-10-19(14-25)12-20(11-18)15-25)23(29)28-9-8-27(2)16-22(28)21-6-4-3-5-7-21/h3-7,17-20,22H,8-16H2,1-2H3,(H,26,30)/t17-,18?,19?,20?,22-,25?/m0/s1. The van der Waals surface area contributed by atoms with Crippen LogP contribution in [-0.4, -0.2) is 54.3 Å². The van der Waals surface area contributed by atoms with Gasteiger partial charge in [-0.25, -0.2) is 0 Å². The van der Waals surface area contributed by atoms with Crippen molar-refractivity contribution < 1.29 is 9.59 Å². The summed E-state index contributed by atoms with van der Waals surface area (Å²) >= 11 is 0. The maximum absolute atomic E-state index is 13.4. The Bertz CT molecular complexity index is 773. The largest absolute Gasteiger partial charge is 0.344 e. The van der Waals surface area contributed by atoms with E-state index in [2.05, 4.69) is 29.4 Å². The number of carbonyl (C=O) groups excluding carboxylic acids is 2. The third-order valence-electron chi connectivity index (χ3n) is 8.29. The lowest BCUT2D eigenvalue weighted by Crippen LogP contribution is -2.58. The van der Waals surface area contributed by atoms with Gasteiger partial charge in [-0.3, -0.25) is 9.59 Å². The molecule has 0 radical (unpaired) electrons. The second-order valence-corrected chi connectivity index (χ2v) is 10.6. The Labute approximate surface area is 180 Å². The fraction of sp³-hybridized carbons (Fsp3) is 0.680. The number of hydrogen-bond donors (Lipinski definition) is 1. The topological polar surface area (TPSA) is 52.7 Å². The molecule has 1 heterocycles. The fourth-order valence-electron chi connectivity index (χ4n) is 7.19. The zero-order valence-corrected chi connectivity index (χ0v) is 18.3. The van der Waals surface area contributed by atoms with Gasteiger partial charge in [0, 0.05) is 25.0 Å². The molecule has 1 N–H and O–H groups in total. The molecular weight excluding hydrogens is 374 g/mol. The van der Waals surface area contributed by atoms with Crippen LogP contribution in [0.2, 0.25) is 0 Å². The lowest BCUT2D eigenvalue weighted by atomic mass is 9.49. The number of piperazine rings is 1. The Morgan fingerprint density at radius 1 is 1.00 bits per heavy atom. The minimum Gasteiger partial charge on any atom is -0.344 e. The minimum atomic E-state index is -0.472. The number of nitrogens with zero attached hydrogens (tertiary/aromatic N) is 2. The Morgan fingerprint density at radius 2 is 1.60 bits per heavy atom. The average Bonchev–Trinajstić information content (AvgIpc) is 2.73. The van der Waals surface area contributed by atoms with Gasteiger partial charge in [0.15, 0.2) is 0 Å². The third-order valence-corrected chi connectivity index (χ3v) is 8.29. The summed E-state index contributed by atoms with van der Waals surface area (Å²) in [6.07, 6.45) is 7.07. The first kappa shape index (κ1) is 20.0. The number of hydrogen-bond acceptors (Lipinski definition) is 3. The first-order valence-electron chi connectivity index (χ1n) is 11.8. The van der Waals surface area contributed by atoms with Crippen molar-refractivity contribution in [1.29, 1.82) is 0 Å². The molecule has 1 aromatic carbocycles. The van der Waals surface area contributed by atoms with Gasteiger partial charge in [0.05, 0.1) is 6.04 Å². The molecule has 0 unspecified atom stereocenters. The third kappa shape index (κ3) is 3.55. The molecule has 1 aliphatic heterocycles. The molecule has 6 rings (SSSR count). The van der Waals surface area contributed by atoms with Crippen LogP contribution in [0.3, 0.4) is 0 Å². The van der Waals surface area contributed by atoms with Crippen LogP contribution in [0.5, 0.6) is 0 Å². The summed E-state index contributed by atoms with van der Waals surface area (Å²) < 4.78 is 0. The van der Waals surface area contributed by atoms with E-state index in [9.17, 15) is 9.59 Å². The van der Waals surface area contributed by atoms with Gasteiger partial charge in [-0.1, -0.05) is 30.3 Å². The summed E-state index contributed by atoms with van der Waals surface area (Å²) in [5.41, 5.74) is 0.960. The predicted octanol–water partition coefficient (Wildman–Crippen LogP) is 3.22. The van der Waals surface area contributed by atoms with Crippen molar-refractivity contribution >= 4 is 11.8 Å². The summed E-state index contributed by atoms with van der Waals surface area (Å²) in [5, 5.41) is 3.17. The van der Waals surface area contributed by atoms with Crippen LogP contribution >= 0.6 is 0 Å². The van der Waals surface area contributed by atoms with Gasteiger partial charge in [0.25, 0.3) is 0 Å². The predicted molar refractivity (Wildman–Crippen MR) is 117 cm³/mol. The molecule has 4 saturated carbocycles. The number of likely N-dealkylation sites (N-methyl/N-ethyl adjacent to an activating group) is 1. The van der Waals surface area contributed by atoms with E-state index in [4.69, 9.17) is 0 Å². The van der Waals surface area contributed by atoms with Crippen molar-refractivity contribution in [3.63, 3.8) is 0 Å². The quantitative estimate of drug-likeness (QED) is 0.831. The molecule has 0 spiro atoms. The SMILES string of the molecule is C[C@H](NC(=O)C12CC3CC(CC(C3)C1)C2)C(=O)N1CCN(C)C[C@H]1c1ccccc1. The van der Waals surface area contributed by atoms with E-state index < -0.39 is 6.04 Å². The number of amides is 2. The van der Waals surface area contributed by atoms with E-state index in [1.165, 1.54) is 19.3 Å². The number of nitrogens with one attached hydrogen (secondary N) is 1. The molecule has 5 fully saturated rings. The van der Waals surface area contributed by atoms with Crippen LogP contribution in [0.25, 0.3) is 0 Å². The van der Waals surface area contributed by atoms with Crippen molar-refractivity contribution in [2.45, 2.75) is 57.5 Å². The van der Waals surface area contributed by atoms with E-state index in [1.807, 2.05) is 30.0 Å². The van der Waals surface area contributed by atoms with Crippen molar-refractivity contribution in [2.24, 2.45) is 23.2 Å². The maximum Gasteiger partial charge on any atom is 0.245 e. The smallest absolute Gasteiger partial charge is 0.245 e. The Hall–Kier alpha value is -1.88. The van der Waals surface area contributed by atoms with Gasteiger partial charge in [-0.2, -0.15) is 0 Å². The molecule has 5 nitrogen and oxygen atoms in total. The average molecular weight is 410 g/mol. The van der Waals surface area contributed by atoms with Crippen LogP contribution in [0, 0.1) is 23.2 Å². The normalized spacial score (nSPS) is 36.5. The van der Waals surface area contributed by atoms with E-state index in [0.717, 1.165) is 55.7 Å². The zero-order valence-electron chi connectivity index (χ0n) is 18.3. The number of carbonyl (C=O) groups is 2. The molecular formula is C25H35N3O2. The summed E-state index contributed by atoms with van der Waals surface area (Å²) in [4.78, 5) is 31.1. The molecule has 2 amide bonds. The van der Waals surface area contributed by atoms with Crippen molar-refractivity contribution in [3.8, 4) is 0 Å². The van der Waals surface area contributed by atoms with Gasteiger partial charge in [0.1, 0.15) is 6.04 Å². The summed E-state index contributed by atoms with van der Waals surface area (Å²) in [7, 11) is 2.11. The highest BCUT2D eigenvalue weighted by Crippen LogP contribution is 2.60. The molecule has 30 heavy (non-hydrogen) atoms. The first-order chi connectivity index (χ1) is 14.4. The highest BCUT2D eigenvalue weighted by atomic mass is 16.2. The van der Waals surface area contributed by atoms with E-state index >= 15 is 0 Å². The molecule has 1 aromatic rings. The van der Waals surface area contributed by atoms with Crippen LogP contribution in [0.15, 0.2) is 30.3 Å². The van der Waals surface area contributed by atoms with Crippen molar-refractivity contribution in [2.75, 3.05) is 26.7 Å². The maximum atomic E-state index is 13.4. The molecule has 5 aliphatic rings. The lowest BCUT2D eigenvalue weighted by molar-refractivity contribution is -0.150. The fourth-order valence-corrected chi connectivity index (χ4v) is 7.19. The van der Waals surface area contributed by atoms with E-state index in [1.54, 1.807) is 0 Å². The van der Waals surface area contributed by atoms with Crippen molar-refractivity contribution in [3.05, 3.63) is 35.9 Å². The molecule has 4 aliphatic carbocycles. The van der Waals surface area contributed by atoms with Gasteiger partial charge in [-0.05, 0) is 75.8 Å². The van der Waals surface area contributed by atoms with Crippen molar-refractivity contribution in [1.82, 2.24) is 15.1 Å². The molecule has 4 bridgehead atoms. The number of benzene rings is 1. The molecule has 162 valence electrons. The molecule has 1 saturated heterocycles. The zero-order chi connectivity index (χ0) is 20.9. The molecule has 5 heteroatoms. The summed E-state index contributed by atoms with van der Waals surface area (Å²) in [6.45, 7) is 4.27. The minimum absolute atomic E-state index is 0.0383. The summed E-state index contributed by atoms with van der Waals surface area (Å²) in [5.74, 6) is 2.39. The van der Waals surface area contributed by atoms with Crippen LogP contribution < -0.4 is 5.32 Å². The van der Waals surface area contributed by atoms with E-state index in [0.29, 0.717) is 6.54 Å². The second kappa shape index (κ2) is 7.67. The van der Waals surface area contributed by atoms with Gasteiger partial charge in [0.2, 0.25) is 11.8 Å². The molecule has 2 atom stereocenters.